The third kappa shape index (κ3) is 3.72. The van der Waals surface area contributed by atoms with Crippen molar-refractivity contribution in [2.75, 3.05) is 18.9 Å². The molecule has 0 aromatic heterocycles. The van der Waals surface area contributed by atoms with Gasteiger partial charge in [-0.15, -0.1) is 0 Å². The van der Waals surface area contributed by atoms with E-state index in [1.54, 1.807) is 4.90 Å². The van der Waals surface area contributed by atoms with Crippen LogP contribution in [0.5, 0.6) is 0 Å². The Morgan fingerprint density at radius 2 is 2.14 bits per heavy atom. The van der Waals surface area contributed by atoms with Crippen molar-refractivity contribution in [1.82, 2.24) is 4.90 Å². The molecule has 1 amide bonds. The second kappa shape index (κ2) is 6.43. The van der Waals surface area contributed by atoms with Crippen molar-refractivity contribution in [2.45, 2.75) is 25.8 Å². The fourth-order valence-electron chi connectivity index (χ4n) is 2.03. The largest absolute Gasteiger partial charge is 0.452 e. The molecule has 2 rings (SSSR count). The van der Waals surface area contributed by atoms with E-state index >= 15 is 0 Å². The maximum Gasteiger partial charge on any atom is 0.339 e. The molecule has 0 unspecified atom stereocenters. The molecular formula is C14H16BrFN2O3. The number of carbonyl (C=O) groups excluding carboxylic acids is 2. The van der Waals surface area contributed by atoms with Crippen LogP contribution in [0.3, 0.4) is 0 Å². The third-order valence-electron chi connectivity index (χ3n) is 3.28. The fraction of sp³-hybridized carbons (Fsp3) is 0.429. The third-order valence-corrected chi connectivity index (χ3v) is 3.94. The molecule has 1 fully saturated rings. The number of benzene rings is 1. The summed E-state index contributed by atoms with van der Waals surface area (Å²) in [5, 5.41) is 0. The van der Waals surface area contributed by atoms with Gasteiger partial charge in [0.05, 0.1) is 11.3 Å². The van der Waals surface area contributed by atoms with Gasteiger partial charge in [0.25, 0.3) is 5.91 Å². The highest BCUT2D eigenvalue weighted by atomic mass is 79.9. The van der Waals surface area contributed by atoms with Crippen LogP contribution in [0, 0.1) is 5.82 Å². The van der Waals surface area contributed by atoms with Crippen molar-refractivity contribution in [3.63, 3.8) is 0 Å². The summed E-state index contributed by atoms with van der Waals surface area (Å²) in [6.07, 6.45) is 1.99. The summed E-state index contributed by atoms with van der Waals surface area (Å²) in [6.45, 7) is 2.15. The molecule has 0 heterocycles. The van der Waals surface area contributed by atoms with Crippen molar-refractivity contribution >= 4 is 33.5 Å². The lowest BCUT2D eigenvalue weighted by Gasteiger charge is -2.20. The van der Waals surface area contributed by atoms with Crippen LogP contribution in [0.1, 0.15) is 30.1 Å². The highest BCUT2D eigenvalue weighted by Crippen LogP contribution is 2.27. The Kier molecular flexibility index (Phi) is 4.82. The van der Waals surface area contributed by atoms with Gasteiger partial charge in [-0.05, 0) is 47.8 Å². The minimum Gasteiger partial charge on any atom is -0.452 e. The van der Waals surface area contributed by atoms with E-state index in [1.807, 2.05) is 6.92 Å². The maximum absolute atomic E-state index is 13.2. The van der Waals surface area contributed by atoms with Crippen molar-refractivity contribution in [2.24, 2.45) is 0 Å². The number of nitrogens with two attached hydrogens (primary N) is 1. The lowest BCUT2D eigenvalue weighted by Crippen LogP contribution is -2.36. The van der Waals surface area contributed by atoms with Crippen LogP contribution in [0.2, 0.25) is 0 Å². The van der Waals surface area contributed by atoms with Crippen LogP contribution >= 0.6 is 15.9 Å². The van der Waals surface area contributed by atoms with Gasteiger partial charge in [0.2, 0.25) is 0 Å². The molecule has 1 aromatic rings. The maximum atomic E-state index is 13.2. The number of likely N-dealkylation sites (N-methyl/N-ethyl adjacent to an activating group) is 1. The van der Waals surface area contributed by atoms with E-state index in [2.05, 4.69) is 15.9 Å². The quantitative estimate of drug-likeness (QED) is 0.647. The topological polar surface area (TPSA) is 72.6 Å². The van der Waals surface area contributed by atoms with Crippen molar-refractivity contribution in [3.8, 4) is 0 Å². The van der Waals surface area contributed by atoms with Gasteiger partial charge < -0.3 is 15.4 Å². The molecular weight excluding hydrogens is 343 g/mol. The van der Waals surface area contributed by atoms with Crippen LogP contribution < -0.4 is 5.73 Å². The number of carbonyl (C=O) groups is 2. The highest BCUT2D eigenvalue weighted by molar-refractivity contribution is 9.10. The van der Waals surface area contributed by atoms with Gasteiger partial charge in [-0.2, -0.15) is 0 Å². The van der Waals surface area contributed by atoms with E-state index in [0.717, 1.165) is 18.9 Å². The Balaban J connectivity index is 1.98. The van der Waals surface area contributed by atoms with Gasteiger partial charge in [0, 0.05) is 17.1 Å². The van der Waals surface area contributed by atoms with Gasteiger partial charge in [-0.3, -0.25) is 4.79 Å². The van der Waals surface area contributed by atoms with Crippen LogP contribution in [0.25, 0.3) is 0 Å². The number of hydrogen-bond donors (Lipinski definition) is 1. The first kappa shape index (κ1) is 15.8. The minimum absolute atomic E-state index is 0.0937. The zero-order valence-electron chi connectivity index (χ0n) is 11.6. The first-order valence-corrected chi connectivity index (χ1v) is 7.44. The van der Waals surface area contributed by atoms with Crippen molar-refractivity contribution in [3.05, 3.63) is 28.0 Å². The summed E-state index contributed by atoms with van der Waals surface area (Å²) >= 11 is 3.07. The first-order chi connectivity index (χ1) is 9.93. The molecule has 0 aliphatic heterocycles. The normalized spacial score (nSPS) is 13.9. The summed E-state index contributed by atoms with van der Waals surface area (Å²) in [4.78, 5) is 25.6. The second-order valence-corrected chi connectivity index (χ2v) is 5.69. The van der Waals surface area contributed by atoms with Gasteiger partial charge in [-0.1, -0.05) is 0 Å². The fourth-order valence-corrected chi connectivity index (χ4v) is 2.51. The van der Waals surface area contributed by atoms with E-state index in [9.17, 15) is 14.0 Å². The Morgan fingerprint density at radius 1 is 1.48 bits per heavy atom. The number of hydrogen-bond acceptors (Lipinski definition) is 4. The van der Waals surface area contributed by atoms with E-state index in [4.69, 9.17) is 10.5 Å². The number of esters is 1. The minimum atomic E-state index is -0.714. The zero-order valence-corrected chi connectivity index (χ0v) is 13.2. The lowest BCUT2D eigenvalue weighted by molar-refractivity contribution is -0.134. The molecule has 2 N–H and O–H groups in total. The summed E-state index contributed by atoms with van der Waals surface area (Å²) in [5.41, 5.74) is 5.37. The molecule has 1 saturated carbocycles. The lowest BCUT2D eigenvalue weighted by atomic mass is 10.2. The van der Waals surface area contributed by atoms with Crippen LogP contribution in [0.4, 0.5) is 10.1 Å². The molecule has 0 bridgehead atoms. The Labute approximate surface area is 130 Å². The predicted molar refractivity (Wildman–Crippen MR) is 79.2 cm³/mol. The molecule has 5 nitrogen and oxygen atoms in total. The number of ether oxygens (including phenoxy) is 1. The highest BCUT2D eigenvalue weighted by Gasteiger charge is 2.31. The number of halogens is 2. The van der Waals surface area contributed by atoms with Crippen LogP contribution in [-0.4, -0.2) is 36.0 Å². The van der Waals surface area contributed by atoms with Gasteiger partial charge >= 0.3 is 5.97 Å². The molecule has 7 heteroatoms. The molecule has 0 saturated heterocycles. The number of rotatable bonds is 5. The van der Waals surface area contributed by atoms with Crippen LogP contribution in [-0.2, 0) is 9.53 Å². The zero-order chi connectivity index (χ0) is 15.6. The van der Waals surface area contributed by atoms with Gasteiger partial charge in [0.1, 0.15) is 5.82 Å². The van der Waals surface area contributed by atoms with Crippen LogP contribution in [0.15, 0.2) is 16.6 Å². The number of nitrogen functional groups attached to an aromatic ring is 1. The summed E-state index contributed by atoms with van der Waals surface area (Å²) in [6, 6.07) is 2.55. The number of anilines is 1. The van der Waals surface area contributed by atoms with E-state index in [-0.39, 0.29) is 34.3 Å². The van der Waals surface area contributed by atoms with Gasteiger partial charge in [0.15, 0.2) is 6.61 Å². The summed E-state index contributed by atoms with van der Waals surface area (Å²) in [5.74, 6) is -1.56. The van der Waals surface area contributed by atoms with Crippen molar-refractivity contribution < 1.29 is 18.7 Å². The van der Waals surface area contributed by atoms with E-state index in [0.29, 0.717) is 6.54 Å². The SMILES string of the molecule is CCN(C(=O)COC(=O)c1cc(N)c(F)cc1Br)C1CC1. The Hall–Kier alpha value is -1.63. The standard InChI is InChI=1S/C14H16BrFN2O3/c1-2-18(8-3-4-8)13(19)7-21-14(20)9-5-12(17)11(16)6-10(9)15/h5-6,8H,2-4,7,17H2,1H3. The predicted octanol–water partition coefficient (Wildman–Crippen LogP) is 2.34. The summed E-state index contributed by atoms with van der Waals surface area (Å²) in [7, 11) is 0. The Bertz CT molecular complexity index is 576. The molecule has 1 aliphatic rings. The van der Waals surface area contributed by atoms with E-state index in [1.165, 1.54) is 6.07 Å². The first-order valence-electron chi connectivity index (χ1n) is 6.65. The Morgan fingerprint density at radius 3 is 2.71 bits per heavy atom. The molecule has 0 atom stereocenters. The molecule has 0 spiro atoms. The second-order valence-electron chi connectivity index (χ2n) is 4.84. The molecule has 1 aliphatic carbocycles. The van der Waals surface area contributed by atoms with Gasteiger partial charge in [-0.25, -0.2) is 9.18 Å². The average Bonchev–Trinajstić information content (AvgIpc) is 3.25. The van der Waals surface area contributed by atoms with Crippen molar-refractivity contribution in [1.29, 1.82) is 0 Å². The van der Waals surface area contributed by atoms with E-state index < -0.39 is 11.8 Å². The average molecular weight is 359 g/mol. The molecule has 114 valence electrons. The smallest absolute Gasteiger partial charge is 0.339 e. The molecule has 0 radical (unpaired) electrons. The number of nitrogens with zero attached hydrogens (tertiary/aromatic N) is 1. The monoisotopic (exact) mass is 358 g/mol. The number of amides is 1. The summed E-state index contributed by atoms with van der Waals surface area (Å²) < 4.78 is 18.4. The molecule has 21 heavy (non-hydrogen) atoms. The molecule has 1 aromatic carbocycles.